The van der Waals surface area contributed by atoms with E-state index in [4.69, 9.17) is 23.7 Å². The Hall–Kier alpha value is -2.72. The first kappa shape index (κ1) is 26.3. The van der Waals surface area contributed by atoms with E-state index in [1.165, 1.54) is 0 Å². The van der Waals surface area contributed by atoms with Crippen LogP contribution in [0.15, 0.2) is 24.3 Å². The fourth-order valence-electron chi connectivity index (χ4n) is 2.56. The number of carbonyl (C=O) groups is 4. The lowest BCUT2D eigenvalue weighted by atomic mass is 10.3. The van der Waals surface area contributed by atoms with Crippen LogP contribution in [0.25, 0.3) is 0 Å². The van der Waals surface area contributed by atoms with Crippen LogP contribution in [-0.4, -0.2) is 81.6 Å². The first-order valence-corrected chi connectivity index (χ1v) is 10.2. The molecule has 1 N–H and O–H groups in total. The Bertz CT molecular complexity index is 664. The number of carbonyl (C=O) groups excluding carboxylic acids is 4. The summed E-state index contributed by atoms with van der Waals surface area (Å²) in [5.41, 5.74) is 0. The summed E-state index contributed by atoms with van der Waals surface area (Å²) in [5.74, 6) is -2.85. The third kappa shape index (κ3) is 13.2. The Morgan fingerprint density at radius 1 is 0.774 bits per heavy atom. The number of quaternary nitrogens is 1. The monoisotopic (exact) mass is 442 g/mol. The van der Waals surface area contributed by atoms with Crippen LogP contribution >= 0.6 is 0 Å². The van der Waals surface area contributed by atoms with Crippen molar-refractivity contribution in [1.29, 1.82) is 0 Å². The highest BCUT2D eigenvalue weighted by Gasteiger charge is 2.24. The van der Waals surface area contributed by atoms with Gasteiger partial charge in [-0.15, -0.1) is 0 Å². The number of ether oxygens (including phenoxy) is 5. The first-order valence-electron chi connectivity index (χ1n) is 10.2. The van der Waals surface area contributed by atoms with Gasteiger partial charge >= 0.3 is 23.9 Å². The van der Waals surface area contributed by atoms with Gasteiger partial charge in [-0.1, -0.05) is 0 Å². The van der Waals surface area contributed by atoms with Crippen LogP contribution in [0.5, 0.6) is 0 Å². The van der Waals surface area contributed by atoms with Gasteiger partial charge in [-0.2, -0.15) is 0 Å². The van der Waals surface area contributed by atoms with Crippen LogP contribution in [0, 0.1) is 0 Å². The Labute approximate surface area is 182 Å². The maximum atomic E-state index is 12.1. The molecule has 0 bridgehead atoms. The van der Waals surface area contributed by atoms with Gasteiger partial charge in [0.15, 0.2) is 6.10 Å². The van der Waals surface area contributed by atoms with Gasteiger partial charge in [-0.25, -0.2) is 19.2 Å². The molecule has 1 aliphatic heterocycles. The molecule has 1 heterocycles. The maximum Gasteiger partial charge on any atom is 0.331 e. The van der Waals surface area contributed by atoms with Gasteiger partial charge in [0.05, 0.1) is 25.4 Å². The highest BCUT2D eigenvalue weighted by molar-refractivity contribution is 5.92. The summed E-state index contributed by atoms with van der Waals surface area (Å²) in [5, 5.41) is 0. The van der Waals surface area contributed by atoms with Crippen LogP contribution < -0.4 is 4.90 Å². The number of nitrogens with one attached hydrogen (secondary N) is 1. The van der Waals surface area contributed by atoms with Crippen molar-refractivity contribution < 1.29 is 47.8 Å². The van der Waals surface area contributed by atoms with Crippen molar-refractivity contribution in [2.75, 3.05) is 39.5 Å². The average molecular weight is 442 g/mol. The zero-order chi connectivity index (χ0) is 23.2. The minimum absolute atomic E-state index is 0.206. The molecule has 0 aromatic carbocycles. The van der Waals surface area contributed by atoms with E-state index in [2.05, 4.69) is 0 Å². The number of hydrogen-bond donors (Lipinski definition) is 1. The van der Waals surface area contributed by atoms with Crippen LogP contribution in [-0.2, 0) is 42.9 Å². The fourth-order valence-corrected chi connectivity index (χ4v) is 2.56. The van der Waals surface area contributed by atoms with E-state index in [0.717, 1.165) is 42.3 Å². The van der Waals surface area contributed by atoms with Crippen molar-refractivity contribution >= 4 is 23.9 Å². The molecule has 31 heavy (non-hydrogen) atoms. The average Bonchev–Trinajstić information content (AvgIpc) is 2.68. The Morgan fingerprint density at radius 2 is 1.23 bits per heavy atom. The van der Waals surface area contributed by atoms with Crippen LogP contribution in [0.4, 0.5) is 0 Å². The number of hydrogen-bond acceptors (Lipinski definition) is 9. The predicted molar refractivity (Wildman–Crippen MR) is 108 cm³/mol. The fraction of sp³-hybridized carbons (Fsp3) is 0.619. The summed E-state index contributed by atoms with van der Waals surface area (Å²) >= 11 is 0. The Morgan fingerprint density at radius 3 is 1.71 bits per heavy atom. The first-order chi connectivity index (χ1) is 14.7. The van der Waals surface area contributed by atoms with Crippen molar-refractivity contribution in [1.82, 2.24) is 0 Å². The van der Waals surface area contributed by atoms with Gasteiger partial charge in [0.25, 0.3) is 0 Å². The van der Waals surface area contributed by atoms with Crippen molar-refractivity contribution in [3.8, 4) is 0 Å². The molecule has 1 atom stereocenters. The van der Waals surface area contributed by atoms with E-state index in [0.29, 0.717) is 19.8 Å². The maximum absolute atomic E-state index is 12.1. The smallest absolute Gasteiger partial charge is 0.331 e. The van der Waals surface area contributed by atoms with E-state index in [9.17, 15) is 19.2 Å². The normalized spacial score (nSPS) is 15.9. The summed E-state index contributed by atoms with van der Waals surface area (Å²) < 4.78 is 25.6. The number of rotatable bonds is 11. The molecular formula is C21H32NO9+. The zero-order valence-corrected chi connectivity index (χ0v) is 18.5. The van der Waals surface area contributed by atoms with E-state index >= 15 is 0 Å². The minimum Gasteiger partial charge on any atom is -0.460 e. The summed E-state index contributed by atoms with van der Waals surface area (Å²) in [6.07, 6.45) is 2.51. The molecular weight excluding hydrogens is 410 g/mol. The van der Waals surface area contributed by atoms with Gasteiger partial charge in [0.1, 0.15) is 26.2 Å². The highest BCUT2D eigenvalue weighted by atomic mass is 16.6. The molecule has 0 saturated carbocycles. The Kier molecular flexibility index (Phi) is 12.2. The lowest BCUT2D eigenvalue weighted by molar-refractivity contribution is -0.910. The molecule has 0 radical (unpaired) electrons. The van der Waals surface area contributed by atoms with Gasteiger partial charge in [0, 0.05) is 24.3 Å². The SMILES string of the molecule is CC(C)OC(=O)/C=C/C(=O)OCC(C[NH+]1CCOCC1)OC(=O)/C=C/C(=O)OC(C)C. The second-order valence-electron chi connectivity index (χ2n) is 7.39. The number of esters is 4. The summed E-state index contributed by atoms with van der Waals surface area (Å²) in [4.78, 5) is 48.1. The second-order valence-corrected chi connectivity index (χ2v) is 7.39. The number of morpholine rings is 1. The second kappa shape index (κ2) is 14.3. The van der Waals surface area contributed by atoms with Crippen molar-refractivity contribution in [3.05, 3.63) is 24.3 Å². The Balaban J connectivity index is 2.62. The van der Waals surface area contributed by atoms with Crippen LogP contribution in [0.3, 0.4) is 0 Å². The van der Waals surface area contributed by atoms with Crippen molar-refractivity contribution in [3.63, 3.8) is 0 Å². The molecule has 10 nitrogen and oxygen atoms in total. The predicted octanol–water partition coefficient (Wildman–Crippen LogP) is -0.628. The molecule has 0 aromatic rings. The molecule has 1 fully saturated rings. The van der Waals surface area contributed by atoms with E-state index < -0.39 is 30.0 Å². The molecule has 0 aromatic heterocycles. The topological polar surface area (TPSA) is 119 Å². The van der Waals surface area contributed by atoms with Gasteiger partial charge in [-0.3, -0.25) is 0 Å². The molecule has 1 rings (SSSR count). The molecule has 0 spiro atoms. The van der Waals surface area contributed by atoms with Gasteiger partial charge < -0.3 is 28.6 Å². The lowest BCUT2D eigenvalue weighted by Gasteiger charge is -2.27. The van der Waals surface area contributed by atoms with E-state index in [1.54, 1.807) is 27.7 Å². The van der Waals surface area contributed by atoms with Crippen molar-refractivity contribution in [2.45, 2.75) is 46.0 Å². The minimum atomic E-state index is -0.769. The van der Waals surface area contributed by atoms with Crippen LogP contribution in [0.2, 0.25) is 0 Å². The van der Waals surface area contributed by atoms with E-state index in [1.807, 2.05) is 0 Å². The summed E-state index contributed by atoms with van der Waals surface area (Å²) in [6, 6.07) is 0. The zero-order valence-electron chi connectivity index (χ0n) is 18.5. The molecule has 0 aliphatic carbocycles. The third-order valence-electron chi connectivity index (χ3n) is 3.83. The summed E-state index contributed by atoms with van der Waals surface area (Å²) in [7, 11) is 0. The summed E-state index contributed by atoms with van der Waals surface area (Å²) in [6.45, 7) is 9.55. The highest BCUT2D eigenvalue weighted by Crippen LogP contribution is 1.98. The molecule has 1 unspecified atom stereocenters. The van der Waals surface area contributed by atoms with Gasteiger partial charge in [-0.05, 0) is 27.7 Å². The van der Waals surface area contributed by atoms with Crippen molar-refractivity contribution in [2.24, 2.45) is 0 Å². The van der Waals surface area contributed by atoms with E-state index in [-0.39, 0.29) is 18.8 Å². The largest absolute Gasteiger partial charge is 0.460 e. The molecule has 1 aliphatic rings. The molecule has 174 valence electrons. The molecule has 0 amide bonds. The van der Waals surface area contributed by atoms with Crippen LogP contribution in [0.1, 0.15) is 27.7 Å². The lowest BCUT2D eigenvalue weighted by Crippen LogP contribution is -3.15. The third-order valence-corrected chi connectivity index (χ3v) is 3.83. The molecule has 10 heteroatoms. The van der Waals surface area contributed by atoms with Gasteiger partial charge in [0.2, 0.25) is 0 Å². The standard InChI is InChI=1S/C21H31NO9/c1-15(2)29-19(24)6-5-18(23)28-14-17(13-22-9-11-27-12-10-22)31-21(26)8-7-20(25)30-16(3)4/h5-8,15-17H,9-14H2,1-4H3/p+1/b6-5+,8-7+. The molecule has 1 saturated heterocycles. The quantitative estimate of drug-likeness (QED) is 0.253.